The predicted octanol–water partition coefficient (Wildman–Crippen LogP) is 3.21. The highest BCUT2D eigenvalue weighted by molar-refractivity contribution is 6.30. The first kappa shape index (κ1) is 19.9. The molecule has 31 heavy (non-hydrogen) atoms. The number of fused-ring (bicyclic) bond motifs is 4. The predicted molar refractivity (Wildman–Crippen MR) is 114 cm³/mol. The van der Waals surface area contributed by atoms with Gasteiger partial charge in [0, 0.05) is 30.1 Å². The van der Waals surface area contributed by atoms with Crippen molar-refractivity contribution < 1.29 is 23.8 Å². The standard InChI is InChI=1S/C23H21ClN2O5/c1-12(24)22(27)31-23(28)16-10-15-14-5-3-4-6-17(14)26(2)21(15)20(25-16)13-7-8-18-19(9-13)30-11-29-18/h3-9,12,16,20,25H,10-11H2,1-2H3/t12?,16-,20-/m1/s1. The van der Waals surface area contributed by atoms with Gasteiger partial charge in [-0.2, -0.15) is 0 Å². The van der Waals surface area contributed by atoms with Gasteiger partial charge < -0.3 is 18.8 Å². The molecule has 0 aliphatic carbocycles. The molecule has 0 amide bonds. The van der Waals surface area contributed by atoms with E-state index in [2.05, 4.69) is 16.0 Å². The number of carbonyl (C=O) groups excluding carboxylic acids is 2. The number of nitrogens with one attached hydrogen (secondary N) is 1. The Hall–Kier alpha value is -3.03. The number of aromatic nitrogens is 1. The molecule has 3 heterocycles. The molecule has 0 saturated carbocycles. The summed E-state index contributed by atoms with van der Waals surface area (Å²) in [6.45, 7) is 1.66. The summed E-state index contributed by atoms with van der Waals surface area (Å²) in [5.41, 5.74) is 4.10. The molecule has 2 aliphatic heterocycles. The fraction of sp³-hybridized carbons (Fsp3) is 0.304. The number of ether oxygens (including phenoxy) is 3. The lowest BCUT2D eigenvalue weighted by molar-refractivity contribution is -0.161. The fourth-order valence-corrected chi connectivity index (χ4v) is 4.41. The van der Waals surface area contributed by atoms with E-state index in [0.717, 1.165) is 27.7 Å². The molecule has 1 N–H and O–H groups in total. The van der Waals surface area contributed by atoms with Gasteiger partial charge in [0.25, 0.3) is 0 Å². The van der Waals surface area contributed by atoms with E-state index in [1.54, 1.807) is 0 Å². The summed E-state index contributed by atoms with van der Waals surface area (Å²) in [5, 5.41) is 3.55. The topological polar surface area (TPSA) is 78.8 Å². The van der Waals surface area contributed by atoms with Crippen LogP contribution in [0.5, 0.6) is 11.5 Å². The van der Waals surface area contributed by atoms with Crippen LogP contribution in [0.25, 0.3) is 10.9 Å². The van der Waals surface area contributed by atoms with Gasteiger partial charge >= 0.3 is 11.9 Å². The number of aryl methyl sites for hydroxylation is 1. The minimum atomic E-state index is -0.898. The van der Waals surface area contributed by atoms with Gasteiger partial charge in [0.2, 0.25) is 6.79 Å². The maximum absolute atomic E-state index is 12.8. The maximum atomic E-state index is 12.8. The lowest BCUT2D eigenvalue weighted by Gasteiger charge is -2.31. The molecule has 7 nitrogen and oxygen atoms in total. The number of para-hydroxylation sites is 1. The average Bonchev–Trinajstić information content (AvgIpc) is 3.35. The molecule has 1 unspecified atom stereocenters. The number of halogens is 1. The maximum Gasteiger partial charge on any atom is 0.331 e. The molecule has 160 valence electrons. The van der Waals surface area contributed by atoms with Gasteiger partial charge in [0.05, 0.1) is 6.04 Å². The highest BCUT2D eigenvalue weighted by atomic mass is 35.5. The van der Waals surface area contributed by atoms with Crippen molar-refractivity contribution in [1.29, 1.82) is 0 Å². The van der Waals surface area contributed by atoms with Crippen molar-refractivity contribution in [2.45, 2.75) is 30.8 Å². The quantitative estimate of drug-likeness (QED) is 0.383. The Morgan fingerprint density at radius 1 is 1.19 bits per heavy atom. The second-order valence-corrected chi connectivity index (χ2v) is 8.42. The number of esters is 2. The Bertz CT molecular complexity index is 1200. The Balaban J connectivity index is 1.60. The van der Waals surface area contributed by atoms with Crippen LogP contribution in [0.3, 0.4) is 0 Å². The molecule has 8 heteroatoms. The zero-order valence-corrected chi connectivity index (χ0v) is 17.8. The van der Waals surface area contributed by atoms with Crippen LogP contribution in [-0.4, -0.2) is 34.7 Å². The molecule has 5 rings (SSSR count). The fourth-order valence-electron chi connectivity index (χ4n) is 4.37. The number of hydrogen-bond donors (Lipinski definition) is 1. The van der Waals surface area contributed by atoms with E-state index in [1.165, 1.54) is 6.92 Å². The SMILES string of the molecule is CC(Cl)C(=O)OC(=O)[C@H]1Cc2c(n(C)c3ccccc23)[C@@H](c2ccc3c(c2)OCO3)N1. The van der Waals surface area contributed by atoms with Crippen molar-refractivity contribution in [3.63, 3.8) is 0 Å². The van der Waals surface area contributed by atoms with Crippen LogP contribution in [0.4, 0.5) is 0 Å². The summed E-state index contributed by atoms with van der Waals surface area (Å²) in [7, 11) is 2.01. The lowest BCUT2D eigenvalue weighted by Crippen LogP contribution is -2.47. The first-order valence-electron chi connectivity index (χ1n) is 10.1. The highest BCUT2D eigenvalue weighted by Gasteiger charge is 2.37. The second kappa shape index (κ2) is 7.59. The summed E-state index contributed by atoms with van der Waals surface area (Å²) in [6, 6.07) is 12.8. The van der Waals surface area contributed by atoms with E-state index >= 15 is 0 Å². The Morgan fingerprint density at radius 3 is 2.77 bits per heavy atom. The summed E-state index contributed by atoms with van der Waals surface area (Å²) in [6.07, 6.45) is 0.403. The lowest BCUT2D eigenvalue weighted by atomic mass is 9.90. The molecule has 0 fully saturated rings. The van der Waals surface area contributed by atoms with Crippen LogP contribution in [0.15, 0.2) is 42.5 Å². The molecule has 0 saturated heterocycles. The molecular formula is C23H21ClN2O5. The Labute approximate surface area is 183 Å². The van der Waals surface area contributed by atoms with E-state index < -0.39 is 23.4 Å². The normalized spacial score (nSPS) is 20.4. The van der Waals surface area contributed by atoms with Crippen LogP contribution < -0.4 is 14.8 Å². The summed E-state index contributed by atoms with van der Waals surface area (Å²) >= 11 is 5.78. The first-order valence-corrected chi connectivity index (χ1v) is 10.5. The van der Waals surface area contributed by atoms with E-state index in [0.29, 0.717) is 17.9 Å². The van der Waals surface area contributed by atoms with Gasteiger partial charge in [0.1, 0.15) is 11.4 Å². The van der Waals surface area contributed by atoms with Crippen LogP contribution in [-0.2, 0) is 27.8 Å². The largest absolute Gasteiger partial charge is 0.454 e. The number of benzene rings is 2. The van der Waals surface area contributed by atoms with E-state index in [9.17, 15) is 9.59 Å². The van der Waals surface area contributed by atoms with Crippen molar-refractivity contribution in [2.75, 3.05) is 6.79 Å². The van der Waals surface area contributed by atoms with Gasteiger partial charge in [0.15, 0.2) is 11.5 Å². The Kier molecular flexibility index (Phi) is 4.87. The molecule has 0 spiro atoms. The third-order valence-electron chi connectivity index (χ3n) is 5.85. The molecule has 0 bridgehead atoms. The van der Waals surface area contributed by atoms with Crippen LogP contribution in [0.2, 0.25) is 0 Å². The van der Waals surface area contributed by atoms with Crippen molar-refractivity contribution in [2.24, 2.45) is 7.05 Å². The number of carbonyl (C=O) groups is 2. The third-order valence-corrected chi connectivity index (χ3v) is 6.03. The minimum absolute atomic E-state index is 0.184. The van der Waals surface area contributed by atoms with Gasteiger partial charge in [-0.1, -0.05) is 24.3 Å². The van der Waals surface area contributed by atoms with Crippen molar-refractivity contribution in [3.05, 3.63) is 59.3 Å². The van der Waals surface area contributed by atoms with Crippen molar-refractivity contribution in [1.82, 2.24) is 9.88 Å². The van der Waals surface area contributed by atoms with Crippen LogP contribution in [0, 0.1) is 0 Å². The van der Waals surface area contributed by atoms with Crippen LogP contribution in [0.1, 0.15) is 29.8 Å². The first-order chi connectivity index (χ1) is 14.9. The average molecular weight is 441 g/mol. The molecule has 3 atom stereocenters. The second-order valence-electron chi connectivity index (χ2n) is 7.77. The summed E-state index contributed by atoms with van der Waals surface area (Å²) in [4.78, 5) is 24.7. The van der Waals surface area contributed by atoms with E-state index in [1.807, 2.05) is 43.4 Å². The monoisotopic (exact) mass is 440 g/mol. The number of hydrogen-bond acceptors (Lipinski definition) is 6. The van der Waals surface area contributed by atoms with E-state index in [-0.39, 0.29) is 12.8 Å². The van der Waals surface area contributed by atoms with Gasteiger partial charge in [-0.25, -0.2) is 9.59 Å². The van der Waals surface area contributed by atoms with Crippen molar-refractivity contribution >= 4 is 34.4 Å². The zero-order valence-electron chi connectivity index (χ0n) is 17.1. The molecular weight excluding hydrogens is 420 g/mol. The summed E-state index contributed by atoms with van der Waals surface area (Å²) < 4.78 is 18.1. The number of nitrogens with zero attached hydrogens (tertiary/aromatic N) is 1. The molecule has 0 radical (unpaired) electrons. The van der Waals surface area contributed by atoms with Gasteiger partial charge in [-0.05, 0) is 36.2 Å². The van der Waals surface area contributed by atoms with Gasteiger partial charge in [-0.15, -0.1) is 11.6 Å². The molecule has 1 aromatic heterocycles. The molecule has 3 aromatic rings. The molecule has 2 aliphatic rings. The van der Waals surface area contributed by atoms with Crippen LogP contribution >= 0.6 is 11.6 Å². The third kappa shape index (κ3) is 3.34. The minimum Gasteiger partial charge on any atom is -0.454 e. The Morgan fingerprint density at radius 2 is 1.97 bits per heavy atom. The smallest absolute Gasteiger partial charge is 0.331 e. The highest BCUT2D eigenvalue weighted by Crippen LogP contribution is 2.40. The molecule has 2 aromatic carbocycles. The van der Waals surface area contributed by atoms with Crippen molar-refractivity contribution in [3.8, 4) is 11.5 Å². The number of alkyl halides is 1. The zero-order chi connectivity index (χ0) is 21.7. The number of rotatable bonds is 3. The summed E-state index contributed by atoms with van der Waals surface area (Å²) in [5.74, 6) is -0.0384. The van der Waals surface area contributed by atoms with Gasteiger partial charge in [-0.3, -0.25) is 5.32 Å². The van der Waals surface area contributed by atoms with E-state index in [4.69, 9.17) is 25.8 Å².